The number of ether oxygens (including phenoxy) is 1. The van der Waals surface area contributed by atoms with Crippen molar-refractivity contribution in [3.63, 3.8) is 0 Å². The number of aromatic hydroxyl groups is 1. The lowest BCUT2D eigenvalue weighted by Crippen LogP contribution is -2.41. The van der Waals surface area contributed by atoms with Crippen molar-refractivity contribution >= 4 is 17.7 Å². The van der Waals surface area contributed by atoms with Crippen molar-refractivity contribution in [2.24, 2.45) is 0 Å². The zero-order chi connectivity index (χ0) is 19.4. The van der Waals surface area contributed by atoms with Gasteiger partial charge in [0.1, 0.15) is 0 Å². The number of nitrogens with zero attached hydrogens (tertiary/aromatic N) is 3. The summed E-state index contributed by atoms with van der Waals surface area (Å²) >= 11 is 1.16. The van der Waals surface area contributed by atoms with Gasteiger partial charge < -0.3 is 14.7 Å². The number of carbonyl (C=O) groups is 1. The summed E-state index contributed by atoms with van der Waals surface area (Å²) in [5.74, 6) is -0.162. The number of thioether (sulfide) groups is 1. The summed E-state index contributed by atoms with van der Waals surface area (Å²) in [5.41, 5.74) is 1.57. The molecule has 1 amide bonds. The smallest absolute Gasteiger partial charge is 0.265 e. The Morgan fingerprint density at radius 2 is 2.00 bits per heavy atom. The van der Waals surface area contributed by atoms with Crippen molar-refractivity contribution in [1.82, 2.24) is 14.5 Å². The lowest BCUT2D eigenvalue weighted by molar-refractivity contribution is -0.132. The topological polar surface area (TPSA) is 84.7 Å². The fourth-order valence-corrected chi connectivity index (χ4v) is 3.89. The van der Waals surface area contributed by atoms with Crippen molar-refractivity contribution < 1.29 is 14.6 Å². The number of para-hydroxylation sites is 1. The van der Waals surface area contributed by atoms with Crippen LogP contribution in [0.2, 0.25) is 0 Å². The van der Waals surface area contributed by atoms with Crippen LogP contribution in [0.15, 0.2) is 34.2 Å². The molecule has 2 aromatic rings. The van der Waals surface area contributed by atoms with E-state index in [9.17, 15) is 14.7 Å². The van der Waals surface area contributed by atoms with Gasteiger partial charge in [-0.3, -0.25) is 14.2 Å². The molecular formula is C19H23N3O4S. The van der Waals surface area contributed by atoms with Crippen LogP contribution in [0.1, 0.15) is 18.1 Å². The normalized spacial score (nSPS) is 14.4. The second kappa shape index (κ2) is 8.58. The molecule has 0 spiro atoms. The molecule has 1 aromatic heterocycles. The highest BCUT2D eigenvalue weighted by Gasteiger charge is 2.21. The lowest BCUT2D eigenvalue weighted by atomic mass is 10.2. The zero-order valence-corrected chi connectivity index (χ0v) is 16.3. The molecule has 8 heteroatoms. The molecule has 0 aliphatic carbocycles. The highest BCUT2D eigenvalue weighted by molar-refractivity contribution is 7.99. The average molecular weight is 389 g/mol. The number of aromatic nitrogens is 2. The van der Waals surface area contributed by atoms with Crippen LogP contribution in [-0.2, 0) is 16.0 Å². The number of amides is 1. The van der Waals surface area contributed by atoms with Crippen LogP contribution in [0.3, 0.4) is 0 Å². The molecule has 0 radical (unpaired) electrons. The Morgan fingerprint density at radius 3 is 2.67 bits per heavy atom. The molecule has 1 aliphatic rings. The summed E-state index contributed by atoms with van der Waals surface area (Å²) in [7, 11) is 0. The maximum Gasteiger partial charge on any atom is 0.265 e. The van der Waals surface area contributed by atoms with E-state index in [1.807, 2.05) is 31.2 Å². The summed E-state index contributed by atoms with van der Waals surface area (Å²) in [6.07, 6.45) is 0.376. The summed E-state index contributed by atoms with van der Waals surface area (Å²) in [5, 5.41) is 10.5. The fourth-order valence-electron chi connectivity index (χ4n) is 2.99. The van der Waals surface area contributed by atoms with Crippen LogP contribution in [0.4, 0.5) is 0 Å². The van der Waals surface area contributed by atoms with Gasteiger partial charge in [-0.25, -0.2) is 0 Å². The molecule has 0 saturated carbocycles. The second-order valence-electron chi connectivity index (χ2n) is 6.26. The third kappa shape index (κ3) is 4.17. The van der Waals surface area contributed by atoms with E-state index < -0.39 is 0 Å². The van der Waals surface area contributed by atoms with Gasteiger partial charge in [0.05, 0.1) is 30.2 Å². The highest BCUT2D eigenvalue weighted by atomic mass is 32.2. The number of aryl methyl sites for hydroxylation is 1. The van der Waals surface area contributed by atoms with E-state index in [4.69, 9.17) is 4.74 Å². The summed E-state index contributed by atoms with van der Waals surface area (Å²) in [6.45, 7) is 5.92. The van der Waals surface area contributed by atoms with Crippen LogP contribution in [0.5, 0.6) is 5.88 Å². The molecule has 1 N–H and O–H groups in total. The third-order valence-corrected chi connectivity index (χ3v) is 5.45. The van der Waals surface area contributed by atoms with Crippen LogP contribution in [0, 0.1) is 6.92 Å². The van der Waals surface area contributed by atoms with E-state index in [1.54, 1.807) is 11.8 Å². The molecule has 1 aromatic carbocycles. The van der Waals surface area contributed by atoms with Crippen LogP contribution < -0.4 is 5.56 Å². The highest BCUT2D eigenvalue weighted by Crippen LogP contribution is 2.24. The maximum atomic E-state index is 13.0. The molecule has 2 heterocycles. The van der Waals surface area contributed by atoms with Crippen molar-refractivity contribution in [2.75, 3.05) is 32.1 Å². The van der Waals surface area contributed by atoms with Crippen LogP contribution >= 0.6 is 11.8 Å². The van der Waals surface area contributed by atoms with Crippen molar-refractivity contribution in [1.29, 1.82) is 0 Å². The Kier molecular flexibility index (Phi) is 6.18. The SMILES string of the molecule is CCc1c(O)nc(SCC(=O)N2CCOCC2)n(-c2ccccc2C)c1=O. The number of morpholine rings is 1. The Bertz CT molecular complexity index is 891. The third-order valence-electron chi connectivity index (χ3n) is 4.52. The summed E-state index contributed by atoms with van der Waals surface area (Å²) in [4.78, 5) is 31.4. The number of carbonyl (C=O) groups excluding carboxylic acids is 1. The van der Waals surface area contributed by atoms with Gasteiger partial charge in [0.2, 0.25) is 11.8 Å². The molecule has 1 aliphatic heterocycles. The molecule has 7 nitrogen and oxygen atoms in total. The number of benzene rings is 1. The predicted octanol–water partition coefficient (Wildman–Crippen LogP) is 1.76. The number of hydrogen-bond donors (Lipinski definition) is 1. The molecule has 3 rings (SSSR count). The number of rotatable bonds is 5. The number of hydrogen-bond acceptors (Lipinski definition) is 6. The van der Waals surface area contributed by atoms with Gasteiger partial charge in [-0.1, -0.05) is 36.9 Å². The predicted molar refractivity (Wildman–Crippen MR) is 104 cm³/mol. The second-order valence-corrected chi connectivity index (χ2v) is 7.20. The largest absolute Gasteiger partial charge is 0.493 e. The fraction of sp³-hybridized carbons (Fsp3) is 0.421. The zero-order valence-electron chi connectivity index (χ0n) is 15.5. The minimum absolute atomic E-state index is 0.0343. The Labute approximate surface area is 162 Å². The van der Waals surface area contributed by atoms with Gasteiger partial charge in [-0.15, -0.1) is 0 Å². The summed E-state index contributed by atoms with van der Waals surface area (Å²) < 4.78 is 6.76. The molecule has 0 atom stereocenters. The Balaban J connectivity index is 1.95. The maximum absolute atomic E-state index is 13.0. The molecular weight excluding hydrogens is 366 g/mol. The van der Waals surface area contributed by atoms with Crippen molar-refractivity contribution in [3.05, 3.63) is 45.7 Å². The van der Waals surface area contributed by atoms with Crippen LogP contribution in [-0.4, -0.2) is 57.5 Å². The summed E-state index contributed by atoms with van der Waals surface area (Å²) in [6, 6.07) is 7.49. The Hall–Kier alpha value is -2.32. The standard InChI is InChI=1S/C19H23N3O4S/c1-3-14-17(24)20-19(27-12-16(23)21-8-10-26-11-9-21)22(18(14)25)15-7-5-4-6-13(15)2/h4-7,24H,3,8-12H2,1-2H3. The molecule has 144 valence electrons. The molecule has 0 bridgehead atoms. The van der Waals surface area contributed by atoms with Crippen molar-refractivity contribution in [2.45, 2.75) is 25.4 Å². The van der Waals surface area contributed by atoms with E-state index >= 15 is 0 Å². The van der Waals surface area contributed by atoms with Gasteiger partial charge in [-0.05, 0) is 25.0 Å². The quantitative estimate of drug-likeness (QED) is 0.620. The minimum atomic E-state index is -0.305. The first-order chi connectivity index (χ1) is 13.0. The van der Waals surface area contributed by atoms with E-state index in [2.05, 4.69) is 4.98 Å². The molecule has 1 fully saturated rings. The van der Waals surface area contributed by atoms with Crippen molar-refractivity contribution in [3.8, 4) is 11.6 Å². The Morgan fingerprint density at radius 1 is 1.30 bits per heavy atom. The first-order valence-corrected chi connectivity index (χ1v) is 9.90. The van der Waals surface area contributed by atoms with E-state index in [0.717, 1.165) is 17.3 Å². The minimum Gasteiger partial charge on any atom is -0.493 e. The van der Waals surface area contributed by atoms with E-state index in [-0.39, 0.29) is 28.7 Å². The monoisotopic (exact) mass is 389 g/mol. The van der Waals surface area contributed by atoms with E-state index in [1.165, 1.54) is 4.57 Å². The van der Waals surface area contributed by atoms with Gasteiger partial charge in [0.15, 0.2) is 5.16 Å². The molecule has 0 unspecified atom stereocenters. The van der Waals surface area contributed by atoms with Gasteiger partial charge in [0, 0.05) is 13.1 Å². The van der Waals surface area contributed by atoms with Gasteiger partial charge in [-0.2, -0.15) is 4.98 Å². The first kappa shape index (κ1) is 19.4. The average Bonchev–Trinajstić information content (AvgIpc) is 2.68. The van der Waals surface area contributed by atoms with E-state index in [0.29, 0.717) is 43.6 Å². The lowest BCUT2D eigenvalue weighted by Gasteiger charge is -2.26. The van der Waals surface area contributed by atoms with Gasteiger partial charge in [0.25, 0.3) is 5.56 Å². The van der Waals surface area contributed by atoms with Gasteiger partial charge >= 0.3 is 0 Å². The molecule has 1 saturated heterocycles. The first-order valence-electron chi connectivity index (χ1n) is 8.92. The van der Waals surface area contributed by atoms with Crippen LogP contribution in [0.25, 0.3) is 5.69 Å². The molecule has 27 heavy (non-hydrogen) atoms.